The third-order valence-corrected chi connectivity index (χ3v) is 6.05. The van der Waals surface area contributed by atoms with Crippen LogP contribution in [0.25, 0.3) is 11.1 Å². The second-order valence-electron chi connectivity index (χ2n) is 6.32. The van der Waals surface area contributed by atoms with Gasteiger partial charge >= 0.3 is 5.97 Å². The van der Waals surface area contributed by atoms with Crippen molar-refractivity contribution in [3.05, 3.63) is 54.3 Å². The van der Waals surface area contributed by atoms with Crippen LogP contribution in [-0.2, 0) is 24.3 Å². The molecule has 0 bridgehead atoms. The van der Waals surface area contributed by atoms with Crippen molar-refractivity contribution in [3.8, 4) is 11.1 Å². The highest BCUT2D eigenvalue weighted by Crippen LogP contribution is 2.29. The number of aliphatic carboxylic acids is 1. The molecule has 3 rings (SSSR count). The molecule has 2 aromatic rings. The molecule has 1 saturated heterocycles. The Kier molecular flexibility index (Phi) is 5.20. The number of carbonyl (C=O) groups is 2. The Bertz CT molecular complexity index is 1010. The lowest BCUT2D eigenvalue weighted by molar-refractivity contribution is -0.150. The first kappa shape index (κ1) is 19.9. The maximum absolute atomic E-state index is 13.0. The van der Waals surface area contributed by atoms with E-state index < -0.39 is 39.4 Å². The summed E-state index contributed by atoms with van der Waals surface area (Å²) in [5.74, 6) is -3.02. The smallest absolute Gasteiger partial charge is 0.328 e. The van der Waals surface area contributed by atoms with Gasteiger partial charge in [0.25, 0.3) is 0 Å². The van der Waals surface area contributed by atoms with Gasteiger partial charge in [-0.2, -0.15) is 4.72 Å². The number of halogens is 1. The third-order valence-electron chi connectivity index (χ3n) is 4.53. The molecule has 1 fully saturated rings. The second-order valence-corrected chi connectivity index (χ2v) is 8.00. The highest BCUT2D eigenvalue weighted by molar-refractivity contribution is 7.89. The monoisotopic (exact) mass is 408 g/mol. The molecular weight excluding hydrogens is 391 g/mol. The molecular formula is C18H17FN2O6S. The number of hydrogen-bond donors (Lipinski definition) is 3. The predicted octanol–water partition coefficient (Wildman–Crippen LogP) is 0.869. The zero-order valence-electron chi connectivity index (χ0n) is 14.5. The minimum atomic E-state index is -4.30. The van der Waals surface area contributed by atoms with Gasteiger partial charge in [-0.15, -0.1) is 0 Å². The summed E-state index contributed by atoms with van der Waals surface area (Å²) in [4.78, 5) is 23.1. The van der Waals surface area contributed by atoms with E-state index in [1.54, 1.807) is 12.1 Å². The molecule has 2 atom stereocenters. The number of nitrogens with one attached hydrogen (secondary N) is 1. The van der Waals surface area contributed by atoms with Gasteiger partial charge in [0, 0.05) is 6.42 Å². The number of primary amides is 1. The van der Waals surface area contributed by atoms with Crippen LogP contribution in [-0.4, -0.2) is 43.7 Å². The minimum absolute atomic E-state index is 0.133. The van der Waals surface area contributed by atoms with Gasteiger partial charge in [-0.3, -0.25) is 9.59 Å². The van der Waals surface area contributed by atoms with Gasteiger partial charge in [0.05, 0.1) is 11.5 Å². The highest BCUT2D eigenvalue weighted by Gasteiger charge is 2.56. The maximum Gasteiger partial charge on any atom is 0.328 e. The largest absolute Gasteiger partial charge is 0.480 e. The number of carbonyl (C=O) groups excluding carboxylic acids is 1. The standard InChI is InChI=1S/C18H17FN2O6S/c19-13-5-1-11(2-6-13)12-3-7-14(8-4-12)28(25,26)21-18(17(23)24)9-10-27-15(18)16(20)22/h1-8,15,21H,9-10H2,(H2,20,22)(H,23,24). The SMILES string of the molecule is NC(=O)C1OCCC1(NS(=O)(=O)c1ccc(-c2ccc(F)cc2)cc1)C(=O)O. The quantitative estimate of drug-likeness (QED) is 0.649. The molecule has 1 aliphatic rings. The summed E-state index contributed by atoms with van der Waals surface area (Å²) in [6, 6.07) is 11.2. The normalized spacial score (nSPS) is 22.1. The van der Waals surface area contributed by atoms with Crippen molar-refractivity contribution in [2.45, 2.75) is 23.0 Å². The summed E-state index contributed by atoms with van der Waals surface area (Å²) < 4.78 is 45.6. The van der Waals surface area contributed by atoms with Crippen LogP contribution in [0, 0.1) is 5.82 Å². The summed E-state index contributed by atoms with van der Waals surface area (Å²) >= 11 is 0. The summed E-state index contributed by atoms with van der Waals surface area (Å²) in [5, 5.41) is 9.56. The molecule has 0 radical (unpaired) electrons. The minimum Gasteiger partial charge on any atom is -0.480 e. The summed E-state index contributed by atoms with van der Waals surface area (Å²) in [6.45, 7) is -0.133. The molecule has 2 unspecified atom stereocenters. The van der Waals surface area contributed by atoms with Crippen LogP contribution in [0.1, 0.15) is 6.42 Å². The van der Waals surface area contributed by atoms with Gasteiger partial charge < -0.3 is 15.6 Å². The van der Waals surface area contributed by atoms with Crippen LogP contribution >= 0.6 is 0 Å². The molecule has 2 aromatic carbocycles. The van der Waals surface area contributed by atoms with Gasteiger partial charge in [-0.25, -0.2) is 12.8 Å². The topological polar surface area (TPSA) is 136 Å². The second kappa shape index (κ2) is 7.30. The van der Waals surface area contributed by atoms with E-state index in [0.717, 1.165) is 0 Å². The average Bonchev–Trinajstić information content (AvgIpc) is 3.07. The Morgan fingerprint density at radius 3 is 2.14 bits per heavy atom. The number of ether oxygens (including phenoxy) is 1. The fraction of sp³-hybridized carbons (Fsp3) is 0.222. The van der Waals surface area contributed by atoms with Crippen LogP contribution in [0.4, 0.5) is 4.39 Å². The molecule has 0 saturated carbocycles. The zero-order chi connectivity index (χ0) is 20.5. The fourth-order valence-corrected chi connectivity index (χ4v) is 4.46. The van der Waals surface area contributed by atoms with Crippen LogP contribution in [0.3, 0.4) is 0 Å². The van der Waals surface area contributed by atoms with E-state index in [0.29, 0.717) is 11.1 Å². The molecule has 1 heterocycles. The van der Waals surface area contributed by atoms with E-state index in [2.05, 4.69) is 4.72 Å². The number of benzene rings is 2. The van der Waals surface area contributed by atoms with Crippen molar-refractivity contribution in [1.29, 1.82) is 0 Å². The van der Waals surface area contributed by atoms with Gasteiger partial charge in [0.2, 0.25) is 15.9 Å². The molecule has 28 heavy (non-hydrogen) atoms. The molecule has 0 aromatic heterocycles. The Morgan fingerprint density at radius 1 is 1.11 bits per heavy atom. The lowest BCUT2D eigenvalue weighted by Gasteiger charge is -2.28. The number of carboxylic acid groups (broad SMARTS) is 1. The lowest BCUT2D eigenvalue weighted by atomic mass is 9.92. The Balaban J connectivity index is 1.91. The summed E-state index contributed by atoms with van der Waals surface area (Å²) in [6.07, 6.45) is -1.87. The Labute approximate surface area is 160 Å². The van der Waals surface area contributed by atoms with Gasteiger partial charge in [0.15, 0.2) is 11.6 Å². The van der Waals surface area contributed by atoms with E-state index in [1.165, 1.54) is 36.4 Å². The first-order valence-corrected chi connectivity index (χ1v) is 9.68. The number of sulfonamides is 1. The van der Waals surface area contributed by atoms with Crippen molar-refractivity contribution < 1.29 is 32.2 Å². The van der Waals surface area contributed by atoms with Crippen LogP contribution in [0.5, 0.6) is 0 Å². The first-order valence-electron chi connectivity index (χ1n) is 8.20. The molecule has 148 valence electrons. The Hall–Kier alpha value is -2.82. The first-order chi connectivity index (χ1) is 13.2. The van der Waals surface area contributed by atoms with Crippen molar-refractivity contribution in [3.63, 3.8) is 0 Å². The molecule has 0 spiro atoms. The number of carboxylic acids is 1. The van der Waals surface area contributed by atoms with E-state index in [1.807, 2.05) is 0 Å². The molecule has 0 aliphatic carbocycles. The van der Waals surface area contributed by atoms with Gasteiger partial charge in [-0.05, 0) is 35.4 Å². The van der Waals surface area contributed by atoms with Crippen molar-refractivity contribution in [1.82, 2.24) is 4.72 Å². The van der Waals surface area contributed by atoms with Crippen molar-refractivity contribution >= 4 is 21.9 Å². The summed E-state index contributed by atoms with van der Waals surface area (Å²) in [7, 11) is -4.30. The van der Waals surface area contributed by atoms with Gasteiger partial charge in [0.1, 0.15) is 5.82 Å². The third kappa shape index (κ3) is 3.61. The highest BCUT2D eigenvalue weighted by atomic mass is 32.2. The molecule has 8 nitrogen and oxygen atoms in total. The molecule has 10 heteroatoms. The average molecular weight is 408 g/mol. The molecule has 1 aliphatic heterocycles. The maximum atomic E-state index is 13.0. The lowest BCUT2D eigenvalue weighted by Crippen LogP contribution is -2.62. The number of nitrogens with two attached hydrogens (primary N) is 1. The zero-order valence-corrected chi connectivity index (χ0v) is 15.3. The van der Waals surface area contributed by atoms with Gasteiger partial charge in [-0.1, -0.05) is 24.3 Å². The fourth-order valence-electron chi connectivity index (χ4n) is 3.07. The van der Waals surface area contributed by atoms with Crippen molar-refractivity contribution in [2.75, 3.05) is 6.61 Å². The van der Waals surface area contributed by atoms with E-state index >= 15 is 0 Å². The van der Waals surface area contributed by atoms with Crippen LogP contribution in [0.15, 0.2) is 53.4 Å². The van der Waals surface area contributed by atoms with E-state index in [-0.39, 0.29) is 17.9 Å². The summed E-state index contributed by atoms with van der Waals surface area (Å²) in [5.41, 5.74) is 4.32. The number of rotatable bonds is 6. The Morgan fingerprint density at radius 2 is 1.64 bits per heavy atom. The van der Waals surface area contributed by atoms with Crippen LogP contribution < -0.4 is 10.5 Å². The van der Waals surface area contributed by atoms with Crippen LogP contribution in [0.2, 0.25) is 0 Å². The molecule has 4 N–H and O–H groups in total. The number of hydrogen-bond acceptors (Lipinski definition) is 5. The van der Waals surface area contributed by atoms with E-state index in [9.17, 15) is 27.5 Å². The van der Waals surface area contributed by atoms with E-state index in [4.69, 9.17) is 10.5 Å². The predicted molar refractivity (Wildman–Crippen MR) is 96.1 cm³/mol. The number of amides is 1. The molecule has 1 amide bonds. The van der Waals surface area contributed by atoms with Crippen molar-refractivity contribution in [2.24, 2.45) is 5.73 Å².